The van der Waals surface area contributed by atoms with E-state index in [4.69, 9.17) is 0 Å². The summed E-state index contributed by atoms with van der Waals surface area (Å²) in [6.07, 6.45) is 6.16. The lowest BCUT2D eigenvalue weighted by molar-refractivity contribution is 0.0714. The fraction of sp³-hybridized carbons (Fsp3) is 0.476. The van der Waals surface area contributed by atoms with E-state index < -0.39 is 0 Å². The number of aromatic nitrogens is 6. The first-order valence-corrected chi connectivity index (χ1v) is 10.5. The van der Waals surface area contributed by atoms with Crippen LogP contribution in [0.1, 0.15) is 66.2 Å². The topological polar surface area (TPSA) is 81.7 Å². The summed E-state index contributed by atoms with van der Waals surface area (Å²) < 4.78 is 17.0. The molecule has 0 N–H and O–H groups in total. The predicted molar refractivity (Wildman–Crippen MR) is 107 cm³/mol. The molecular formula is C21H24FN7O. The molecule has 1 atom stereocenters. The molecule has 9 heteroatoms. The lowest BCUT2D eigenvalue weighted by Gasteiger charge is -2.23. The minimum Gasteiger partial charge on any atom is -0.326 e. The van der Waals surface area contributed by atoms with Gasteiger partial charge in [-0.1, -0.05) is 6.42 Å². The third kappa shape index (κ3) is 3.28. The van der Waals surface area contributed by atoms with Crippen molar-refractivity contribution < 1.29 is 9.18 Å². The van der Waals surface area contributed by atoms with E-state index in [-0.39, 0.29) is 23.6 Å². The number of carbonyl (C=O) groups is 1. The van der Waals surface area contributed by atoms with Crippen LogP contribution in [0, 0.1) is 12.7 Å². The maximum atomic E-state index is 13.3. The highest BCUT2D eigenvalue weighted by atomic mass is 19.1. The Morgan fingerprint density at radius 3 is 2.73 bits per heavy atom. The highest BCUT2D eigenvalue weighted by Gasteiger charge is 2.36. The molecule has 30 heavy (non-hydrogen) atoms. The highest BCUT2D eigenvalue weighted by molar-refractivity contribution is 5.91. The molecule has 0 unspecified atom stereocenters. The van der Waals surface area contributed by atoms with Gasteiger partial charge < -0.3 is 9.47 Å². The summed E-state index contributed by atoms with van der Waals surface area (Å²) in [5.74, 6) is 2.12. The molecule has 1 amide bonds. The fourth-order valence-corrected chi connectivity index (χ4v) is 4.47. The largest absolute Gasteiger partial charge is 0.326 e. The summed E-state index contributed by atoms with van der Waals surface area (Å²) in [4.78, 5) is 19.5. The fourth-order valence-electron chi connectivity index (χ4n) is 4.47. The van der Waals surface area contributed by atoms with E-state index in [0.29, 0.717) is 18.1 Å². The van der Waals surface area contributed by atoms with Gasteiger partial charge in [0.25, 0.3) is 5.91 Å². The Kier molecular flexibility index (Phi) is 4.80. The molecule has 5 rings (SSSR count). The highest BCUT2D eigenvalue weighted by Crippen LogP contribution is 2.33. The van der Waals surface area contributed by atoms with E-state index >= 15 is 0 Å². The molecule has 2 aliphatic rings. The number of likely N-dealkylation sites (tertiary alicyclic amines) is 1. The monoisotopic (exact) mass is 409 g/mol. The third-order valence-electron chi connectivity index (χ3n) is 5.98. The number of nitrogens with zero attached hydrogens (tertiary/aromatic N) is 7. The lowest BCUT2D eigenvalue weighted by atomic mass is 10.2. The van der Waals surface area contributed by atoms with Crippen molar-refractivity contribution in [3.05, 3.63) is 53.4 Å². The number of amides is 1. The smallest absolute Gasteiger partial charge is 0.294 e. The Bertz CT molecular complexity index is 1070. The van der Waals surface area contributed by atoms with Crippen LogP contribution in [-0.2, 0) is 13.0 Å². The van der Waals surface area contributed by atoms with Gasteiger partial charge in [-0.15, -0.1) is 15.3 Å². The van der Waals surface area contributed by atoms with Gasteiger partial charge in [0.15, 0.2) is 5.82 Å². The van der Waals surface area contributed by atoms with Gasteiger partial charge in [0.2, 0.25) is 5.82 Å². The molecule has 0 radical (unpaired) electrons. The molecule has 0 spiro atoms. The van der Waals surface area contributed by atoms with Crippen LogP contribution in [-0.4, -0.2) is 46.9 Å². The number of rotatable bonds is 3. The Morgan fingerprint density at radius 2 is 1.90 bits per heavy atom. The Morgan fingerprint density at radius 1 is 1.07 bits per heavy atom. The number of fused-ring (bicyclic) bond motifs is 1. The first-order chi connectivity index (χ1) is 14.6. The quantitative estimate of drug-likeness (QED) is 0.664. The zero-order chi connectivity index (χ0) is 20.7. The number of benzene rings is 1. The molecule has 2 aliphatic heterocycles. The Balaban J connectivity index is 1.43. The number of aryl methyl sites for hydroxylation is 2. The van der Waals surface area contributed by atoms with E-state index in [2.05, 4.69) is 24.8 Å². The van der Waals surface area contributed by atoms with Crippen molar-refractivity contribution in [3.8, 4) is 5.69 Å². The van der Waals surface area contributed by atoms with Crippen LogP contribution in [0.2, 0.25) is 0 Å². The number of hydrogen-bond donors (Lipinski definition) is 0. The maximum absolute atomic E-state index is 13.3. The van der Waals surface area contributed by atoms with Crippen LogP contribution in [0.15, 0.2) is 24.3 Å². The molecule has 156 valence electrons. The van der Waals surface area contributed by atoms with Crippen LogP contribution >= 0.6 is 0 Å². The van der Waals surface area contributed by atoms with Crippen LogP contribution in [0.3, 0.4) is 0 Å². The average molecular weight is 409 g/mol. The zero-order valence-electron chi connectivity index (χ0n) is 17.0. The summed E-state index contributed by atoms with van der Waals surface area (Å²) in [6.45, 7) is 3.34. The molecule has 0 bridgehead atoms. The second kappa shape index (κ2) is 7.62. The van der Waals surface area contributed by atoms with Crippen molar-refractivity contribution in [2.45, 2.75) is 58.0 Å². The number of carbonyl (C=O) groups excluding carboxylic acids is 1. The Hall–Kier alpha value is -3.10. The lowest BCUT2D eigenvalue weighted by Crippen LogP contribution is -2.33. The minimum atomic E-state index is -0.319. The Labute approximate surface area is 173 Å². The average Bonchev–Trinajstić information content (AvgIpc) is 3.43. The van der Waals surface area contributed by atoms with Gasteiger partial charge in [0.1, 0.15) is 17.5 Å². The molecule has 1 saturated heterocycles. The molecule has 2 aromatic heterocycles. The molecule has 3 aromatic rings. The van der Waals surface area contributed by atoms with Crippen molar-refractivity contribution in [1.29, 1.82) is 0 Å². The van der Waals surface area contributed by atoms with E-state index in [9.17, 15) is 9.18 Å². The number of hydrogen-bond acceptors (Lipinski definition) is 5. The maximum Gasteiger partial charge on any atom is 0.294 e. The van der Waals surface area contributed by atoms with Gasteiger partial charge in [0, 0.05) is 19.5 Å². The predicted octanol–water partition coefficient (Wildman–Crippen LogP) is 3.01. The normalized spacial score (nSPS) is 19.0. The molecule has 1 aromatic carbocycles. The van der Waals surface area contributed by atoms with Crippen LogP contribution in [0.4, 0.5) is 4.39 Å². The molecule has 1 fully saturated rings. The van der Waals surface area contributed by atoms with Crippen LogP contribution < -0.4 is 0 Å². The summed E-state index contributed by atoms with van der Waals surface area (Å²) in [5.41, 5.74) is 0.668. The second-order valence-corrected chi connectivity index (χ2v) is 7.96. The van der Waals surface area contributed by atoms with Crippen molar-refractivity contribution in [2.24, 2.45) is 0 Å². The van der Waals surface area contributed by atoms with Gasteiger partial charge in [-0.05, 0) is 56.9 Å². The van der Waals surface area contributed by atoms with Gasteiger partial charge >= 0.3 is 0 Å². The van der Waals surface area contributed by atoms with E-state index in [1.54, 1.807) is 23.7 Å². The van der Waals surface area contributed by atoms with Gasteiger partial charge in [-0.2, -0.15) is 0 Å². The summed E-state index contributed by atoms with van der Waals surface area (Å²) in [7, 11) is 0. The van der Waals surface area contributed by atoms with Gasteiger partial charge in [-0.25, -0.2) is 14.1 Å². The van der Waals surface area contributed by atoms with Gasteiger partial charge in [0.05, 0.1) is 11.7 Å². The molecular weight excluding hydrogens is 385 g/mol. The van der Waals surface area contributed by atoms with E-state index in [0.717, 1.165) is 50.3 Å². The van der Waals surface area contributed by atoms with Crippen molar-refractivity contribution >= 4 is 5.91 Å². The third-order valence-corrected chi connectivity index (χ3v) is 5.98. The van der Waals surface area contributed by atoms with Crippen LogP contribution in [0.5, 0.6) is 0 Å². The zero-order valence-corrected chi connectivity index (χ0v) is 17.0. The minimum absolute atomic E-state index is 0.102. The summed E-state index contributed by atoms with van der Waals surface area (Å²) >= 11 is 0. The van der Waals surface area contributed by atoms with E-state index in [1.165, 1.54) is 18.6 Å². The standard InChI is InChI=1S/C21H24FN7O/c1-14-23-19(26-29(14)16-10-8-15(22)9-11-16)21(30)27-13-5-6-17(27)20-25-24-18-7-3-2-4-12-28(18)20/h8-11,17H,2-7,12-13H2,1H3/t17-/m1/s1. The summed E-state index contributed by atoms with van der Waals surface area (Å²) in [5, 5.41) is 13.3. The first kappa shape index (κ1) is 18.9. The van der Waals surface area contributed by atoms with Crippen molar-refractivity contribution in [3.63, 3.8) is 0 Å². The molecule has 0 aliphatic carbocycles. The van der Waals surface area contributed by atoms with E-state index in [1.807, 2.05) is 4.90 Å². The number of halogens is 1. The molecule has 4 heterocycles. The van der Waals surface area contributed by atoms with Crippen molar-refractivity contribution in [1.82, 2.24) is 34.4 Å². The van der Waals surface area contributed by atoms with Crippen LogP contribution in [0.25, 0.3) is 5.69 Å². The SMILES string of the molecule is Cc1nc(C(=O)N2CCC[C@@H]2c2nnc3n2CCCCC3)nn1-c1ccc(F)cc1. The summed E-state index contributed by atoms with van der Waals surface area (Å²) in [6, 6.07) is 5.87. The van der Waals surface area contributed by atoms with Gasteiger partial charge in [-0.3, -0.25) is 4.79 Å². The van der Waals surface area contributed by atoms with Crippen molar-refractivity contribution in [2.75, 3.05) is 6.54 Å². The molecule has 8 nitrogen and oxygen atoms in total. The molecule has 0 saturated carbocycles. The first-order valence-electron chi connectivity index (χ1n) is 10.5. The second-order valence-electron chi connectivity index (χ2n) is 7.96.